The third kappa shape index (κ3) is 6.65. The second kappa shape index (κ2) is 12.4. The second-order valence-corrected chi connectivity index (χ2v) is 12.6. The van der Waals surface area contributed by atoms with Crippen LogP contribution in [0.25, 0.3) is 5.57 Å². The molecule has 1 aromatic carbocycles. The molecule has 2 N–H and O–H groups in total. The Balaban J connectivity index is 1.31. The summed E-state index contributed by atoms with van der Waals surface area (Å²) in [6.45, 7) is 6.89. The molecule has 2 fully saturated rings. The van der Waals surface area contributed by atoms with Crippen LogP contribution in [-0.4, -0.2) is 78.2 Å². The van der Waals surface area contributed by atoms with Crippen LogP contribution in [0.15, 0.2) is 53.6 Å². The monoisotopic (exact) mass is 589 g/mol. The van der Waals surface area contributed by atoms with Gasteiger partial charge in [0.2, 0.25) is 0 Å². The van der Waals surface area contributed by atoms with Gasteiger partial charge in [-0.15, -0.1) is 0 Å². The van der Waals surface area contributed by atoms with E-state index < -0.39 is 35.6 Å². The van der Waals surface area contributed by atoms with Crippen molar-refractivity contribution in [3.8, 4) is 0 Å². The Morgan fingerprint density at radius 3 is 2.67 bits per heavy atom. The van der Waals surface area contributed by atoms with E-state index in [2.05, 4.69) is 4.98 Å². The van der Waals surface area contributed by atoms with Crippen molar-refractivity contribution in [1.29, 1.82) is 0 Å². The molecule has 0 spiro atoms. The Hall–Kier alpha value is -2.18. The number of nitrogens with zero attached hydrogens (tertiary/aromatic N) is 2. The third-order valence-electron chi connectivity index (χ3n) is 6.97. The fraction of sp³-hybridized carbons (Fsp3) is 0.517. The molecule has 0 aliphatic carbocycles. The van der Waals surface area contributed by atoms with Gasteiger partial charge in [-0.2, -0.15) is 0 Å². The first-order chi connectivity index (χ1) is 19.1. The summed E-state index contributed by atoms with van der Waals surface area (Å²) in [6.07, 6.45) is 2.24. The highest BCUT2D eigenvalue weighted by atomic mass is 35.5. The standard InChI is InChI=1S/C29H36ClN3O6S/c1-29(2,3)39-28(34)33-12-10-17(11-13-33)23-21(14-19(30)15-32-23)40-27-25(35-4)22(31)24-20(37-27)16-36-26(38-24)18-8-6-5-7-9-18/h5-10,14-15,20,22,24-27H,11-13,16,31H2,1-4H3. The van der Waals surface area contributed by atoms with Crippen LogP contribution in [0.4, 0.5) is 4.79 Å². The zero-order valence-corrected chi connectivity index (χ0v) is 24.7. The van der Waals surface area contributed by atoms with Crippen molar-refractivity contribution < 1.29 is 28.5 Å². The highest BCUT2D eigenvalue weighted by Crippen LogP contribution is 2.41. The molecule has 6 unspecified atom stereocenters. The smallest absolute Gasteiger partial charge is 0.410 e. The zero-order valence-electron chi connectivity index (χ0n) is 23.1. The molecule has 2 aromatic rings. The molecule has 0 bridgehead atoms. The first kappa shape index (κ1) is 29.3. The van der Waals surface area contributed by atoms with Gasteiger partial charge in [-0.25, -0.2) is 4.79 Å². The SMILES string of the molecule is COC1C(Sc2cc(Cl)cnc2C2=CCN(C(=O)OC(C)(C)C)CC2)OC2COC(c3ccccc3)OC2C1N. The van der Waals surface area contributed by atoms with Gasteiger partial charge in [-0.1, -0.05) is 59.8 Å². The summed E-state index contributed by atoms with van der Waals surface area (Å²) in [4.78, 5) is 19.7. The molecule has 1 amide bonds. The Morgan fingerprint density at radius 1 is 1.23 bits per heavy atom. The molecule has 11 heteroatoms. The predicted molar refractivity (Wildman–Crippen MR) is 153 cm³/mol. The van der Waals surface area contributed by atoms with Crippen LogP contribution in [-0.2, 0) is 23.7 Å². The number of thioether (sulfide) groups is 1. The van der Waals surface area contributed by atoms with E-state index in [1.165, 1.54) is 11.8 Å². The highest BCUT2D eigenvalue weighted by Gasteiger charge is 2.49. The summed E-state index contributed by atoms with van der Waals surface area (Å²) < 4.78 is 30.1. The average molecular weight is 590 g/mol. The fourth-order valence-electron chi connectivity index (χ4n) is 5.02. The van der Waals surface area contributed by atoms with Gasteiger partial charge in [0.25, 0.3) is 0 Å². The summed E-state index contributed by atoms with van der Waals surface area (Å²) in [5.74, 6) is 0. The summed E-state index contributed by atoms with van der Waals surface area (Å²) in [5.41, 5.74) is 8.50. The molecule has 40 heavy (non-hydrogen) atoms. The van der Waals surface area contributed by atoms with Gasteiger partial charge in [0.05, 0.1) is 23.4 Å². The van der Waals surface area contributed by atoms with Crippen LogP contribution in [0.3, 0.4) is 0 Å². The molecule has 2 saturated heterocycles. The molecule has 6 atom stereocenters. The lowest BCUT2D eigenvalue weighted by atomic mass is 9.97. The zero-order chi connectivity index (χ0) is 28.4. The largest absolute Gasteiger partial charge is 0.444 e. The van der Waals surface area contributed by atoms with E-state index in [9.17, 15) is 4.79 Å². The van der Waals surface area contributed by atoms with Crippen LogP contribution in [0.2, 0.25) is 5.02 Å². The highest BCUT2D eigenvalue weighted by molar-refractivity contribution is 7.99. The third-order valence-corrected chi connectivity index (χ3v) is 8.35. The predicted octanol–water partition coefficient (Wildman–Crippen LogP) is 5.03. The van der Waals surface area contributed by atoms with Gasteiger partial charge in [0, 0.05) is 36.9 Å². The number of nitrogens with two attached hydrogens (primary N) is 1. The quantitative estimate of drug-likeness (QED) is 0.514. The van der Waals surface area contributed by atoms with E-state index in [1.54, 1.807) is 18.2 Å². The Bertz CT molecular complexity index is 1230. The topological polar surface area (TPSA) is 105 Å². The number of amides is 1. The van der Waals surface area contributed by atoms with E-state index >= 15 is 0 Å². The number of methoxy groups -OCH3 is 1. The maximum Gasteiger partial charge on any atom is 0.410 e. The molecule has 0 radical (unpaired) electrons. The molecule has 0 saturated carbocycles. The van der Waals surface area contributed by atoms with Crippen molar-refractivity contribution in [1.82, 2.24) is 9.88 Å². The van der Waals surface area contributed by atoms with Crippen molar-refractivity contribution in [3.63, 3.8) is 0 Å². The molecule has 1 aromatic heterocycles. The van der Waals surface area contributed by atoms with Gasteiger partial charge in [0.1, 0.15) is 29.3 Å². The number of carbonyl (C=O) groups is 1. The lowest BCUT2D eigenvalue weighted by Gasteiger charge is -2.48. The summed E-state index contributed by atoms with van der Waals surface area (Å²) in [5, 5.41) is 0.514. The molecular weight excluding hydrogens is 554 g/mol. The van der Waals surface area contributed by atoms with E-state index in [1.807, 2.05) is 63.2 Å². The van der Waals surface area contributed by atoms with E-state index in [0.717, 1.165) is 21.7 Å². The van der Waals surface area contributed by atoms with Gasteiger partial charge in [-0.05, 0) is 38.8 Å². The molecule has 9 nitrogen and oxygen atoms in total. The number of fused-ring (bicyclic) bond motifs is 1. The van der Waals surface area contributed by atoms with Gasteiger partial charge in [-0.3, -0.25) is 4.98 Å². The van der Waals surface area contributed by atoms with Crippen LogP contribution < -0.4 is 5.73 Å². The Kier molecular flexibility index (Phi) is 9.06. The van der Waals surface area contributed by atoms with Crippen molar-refractivity contribution >= 4 is 35.0 Å². The molecule has 216 valence electrons. The fourth-order valence-corrected chi connectivity index (χ4v) is 6.61. The molecule has 4 heterocycles. The Morgan fingerprint density at radius 2 is 2.00 bits per heavy atom. The first-order valence-corrected chi connectivity index (χ1v) is 14.6. The van der Waals surface area contributed by atoms with Gasteiger partial charge in [0.15, 0.2) is 6.29 Å². The van der Waals surface area contributed by atoms with Crippen molar-refractivity contribution in [2.45, 2.75) is 73.8 Å². The average Bonchev–Trinajstić information content (AvgIpc) is 2.93. The number of rotatable bonds is 5. The number of carbonyl (C=O) groups excluding carboxylic acids is 1. The van der Waals surface area contributed by atoms with Crippen LogP contribution in [0.1, 0.15) is 44.7 Å². The number of hydrogen-bond acceptors (Lipinski definition) is 9. The molecule has 5 rings (SSSR count). The molecular formula is C29H36ClN3O6S. The number of halogens is 1. The second-order valence-electron chi connectivity index (χ2n) is 11.0. The number of hydrogen-bond donors (Lipinski definition) is 1. The Labute approximate surface area is 244 Å². The minimum atomic E-state index is -0.544. The lowest BCUT2D eigenvalue weighted by molar-refractivity contribution is -0.298. The molecule has 3 aliphatic rings. The van der Waals surface area contributed by atoms with E-state index in [-0.39, 0.29) is 12.2 Å². The van der Waals surface area contributed by atoms with Crippen molar-refractivity contribution in [2.75, 3.05) is 26.8 Å². The maximum atomic E-state index is 12.5. The summed E-state index contributed by atoms with van der Waals surface area (Å²) >= 11 is 7.85. The van der Waals surface area contributed by atoms with Crippen molar-refractivity contribution in [3.05, 3.63) is 65.0 Å². The van der Waals surface area contributed by atoms with E-state index in [4.69, 9.17) is 41.0 Å². The summed E-state index contributed by atoms with van der Waals surface area (Å²) in [7, 11) is 1.63. The normalized spacial score (nSPS) is 28.9. The number of pyridine rings is 1. The van der Waals surface area contributed by atoms with Gasteiger partial charge < -0.3 is 34.3 Å². The number of aromatic nitrogens is 1. The van der Waals surface area contributed by atoms with Crippen LogP contribution in [0.5, 0.6) is 0 Å². The minimum absolute atomic E-state index is 0.324. The lowest BCUT2D eigenvalue weighted by Crippen LogP contribution is -2.64. The number of ether oxygens (including phenoxy) is 5. The summed E-state index contributed by atoms with van der Waals surface area (Å²) in [6, 6.07) is 11.2. The maximum absolute atomic E-state index is 12.5. The van der Waals surface area contributed by atoms with E-state index in [0.29, 0.717) is 31.1 Å². The minimum Gasteiger partial charge on any atom is -0.444 e. The van der Waals surface area contributed by atoms with Crippen LogP contribution in [0, 0.1) is 0 Å². The molecule has 3 aliphatic heterocycles. The van der Waals surface area contributed by atoms with Crippen molar-refractivity contribution in [2.24, 2.45) is 5.73 Å². The first-order valence-electron chi connectivity index (χ1n) is 13.4. The number of benzene rings is 1. The van der Waals surface area contributed by atoms with Gasteiger partial charge >= 0.3 is 6.09 Å². The van der Waals surface area contributed by atoms with Crippen LogP contribution >= 0.6 is 23.4 Å².